The Morgan fingerprint density at radius 3 is 2.31 bits per heavy atom. The molecule has 26 heavy (non-hydrogen) atoms. The third-order valence-corrected chi connectivity index (χ3v) is 4.60. The number of halogens is 5. The molecule has 2 N–H and O–H groups in total. The molecule has 0 aromatic heterocycles. The summed E-state index contributed by atoms with van der Waals surface area (Å²) in [7, 11) is 0. The van der Waals surface area contributed by atoms with Crippen molar-refractivity contribution in [3.63, 3.8) is 0 Å². The number of aliphatic hydroxyl groups is 1. The summed E-state index contributed by atoms with van der Waals surface area (Å²) in [5.74, 6) is -4.44. The molecule has 1 unspecified atom stereocenters. The van der Waals surface area contributed by atoms with Gasteiger partial charge in [-0.1, -0.05) is 30.3 Å². The van der Waals surface area contributed by atoms with Gasteiger partial charge in [0.2, 0.25) is 5.92 Å². The predicted octanol–water partition coefficient (Wildman–Crippen LogP) is 4.03. The molecule has 1 saturated carbocycles. The average molecular weight is 381 g/mol. The van der Waals surface area contributed by atoms with Crippen LogP contribution in [0.5, 0.6) is 0 Å². The minimum atomic E-state index is -5.07. The van der Waals surface area contributed by atoms with Crippen LogP contribution in [-0.4, -0.2) is 35.4 Å². The molecule has 9 heteroatoms. The topological polar surface area (TPSA) is 58.6 Å². The number of carbonyl (C=O) groups is 1. The number of amides is 1. The molecule has 146 valence electrons. The van der Waals surface area contributed by atoms with Crippen molar-refractivity contribution >= 4 is 6.09 Å². The van der Waals surface area contributed by atoms with E-state index >= 15 is 0 Å². The number of rotatable bonds is 5. The molecule has 1 aliphatic rings. The van der Waals surface area contributed by atoms with Gasteiger partial charge in [-0.3, -0.25) is 0 Å². The van der Waals surface area contributed by atoms with Crippen LogP contribution in [0.1, 0.15) is 31.2 Å². The van der Waals surface area contributed by atoms with Crippen molar-refractivity contribution < 1.29 is 36.6 Å². The summed E-state index contributed by atoms with van der Waals surface area (Å²) in [6.45, 7) is -1.30. The highest BCUT2D eigenvalue weighted by atomic mass is 19.4. The van der Waals surface area contributed by atoms with Crippen LogP contribution in [-0.2, 0) is 11.3 Å². The van der Waals surface area contributed by atoms with Crippen LogP contribution in [0.25, 0.3) is 0 Å². The second-order valence-electron chi connectivity index (χ2n) is 6.47. The molecular formula is C17H20F5NO3. The molecular weight excluding hydrogens is 361 g/mol. The molecule has 1 amide bonds. The smallest absolute Gasteiger partial charge is 0.419 e. The molecule has 0 saturated heterocycles. The minimum Gasteiger partial charge on any atom is -0.445 e. The first-order valence-electron chi connectivity index (χ1n) is 8.15. The lowest BCUT2D eigenvalue weighted by atomic mass is 9.75. The van der Waals surface area contributed by atoms with E-state index in [9.17, 15) is 31.9 Å². The lowest BCUT2D eigenvalue weighted by Crippen LogP contribution is -2.59. The van der Waals surface area contributed by atoms with Gasteiger partial charge in [0, 0.05) is 12.8 Å². The average Bonchev–Trinajstić information content (AvgIpc) is 2.57. The number of carbonyl (C=O) groups excluding carboxylic acids is 1. The van der Waals surface area contributed by atoms with E-state index in [1.807, 2.05) is 5.32 Å². The van der Waals surface area contributed by atoms with E-state index in [1.54, 1.807) is 30.3 Å². The molecule has 4 nitrogen and oxygen atoms in total. The number of hydrogen-bond donors (Lipinski definition) is 2. The summed E-state index contributed by atoms with van der Waals surface area (Å²) >= 11 is 0. The molecule has 0 bridgehead atoms. The van der Waals surface area contributed by atoms with E-state index in [2.05, 4.69) is 0 Å². The molecule has 1 fully saturated rings. The summed E-state index contributed by atoms with van der Waals surface area (Å²) in [5.41, 5.74) is -2.64. The maximum atomic E-state index is 13.4. The number of alkyl halides is 5. The third kappa shape index (κ3) is 5.06. The molecule has 1 aromatic carbocycles. The van der Waals surface area contributed by atoms with E-state index in [4.69, 9.17) is 4.74 Å². The summed E-state index contributed by atoms with van der Waals surface area (Å²) in [6.07, 6.45) is -8.62. The van der Waals surface area contributed by atoms with Gasteiger partial charge < -0.3 is 15.2 Å². The van der Waals surface area contributed by atoms with Gasteiger partial charge in [0.1, 0.15) is 6.61 Å². The quantitative estimate of drug-likeness (QED) is 0.757. The maximum absolute atomic E-state index is 13.4. The Morgan fingerprint density at radius 1 is 1.19 bits per heavy atom. The van der Waals surface area contributed by atoms with Crippen LogP contribution >= 0.6 is 0 Å². The van der Waals surface area contributed by atoms with Gasteiger partial charge >= 0.3 is 12.3 Å². The highest BCUT2D eigenvalue weighted by Gasteiger charge is 2.59. The first-order valence-corrected chi connectivity index (χ1v) is 8.15. The first-order chi connectivity index (χ1) is 12.0. The Hall–Kier alpha value is -1.90. The zero-order valence-corrected chi connectivity index (χ0v) is 13.9. The van der Waals surface area contributed by atoms with Crippen molar-refractivity contribution in [3.8, 4) is 0 Å². The van der Waals surface area contributed by atoms with Crippen LogP contribution in [0.4, 0.5) is 26.7 Å². The number of nitrogens with one attached hydrogen (secondary N) is 1. The van der Waals surface area contributed by atoms with Crippen molar-refractivity contribution in [1.82, 2.24) is 5.32 Å². The molecule has 1 aliphatic carbocycles. The van der Waals surface area contributed by atoms with E-state index in [0.717, 1.165) is 0 Å². The molecule has 2 rings (SSSR count). The Labute approximate surface area is 147 Å². The van der Waals surface area contributed by atoms with Crippen LogP contribution in [0, 0.1) is 5.92 Å². The van der Waals surface area contributed by atoms with Crippen molar-refractivity contribution in [3.05, 3.63) is 35.9 Å². The highest BCUT2D eigenvalue weighted by molar-refractivity contribution is 5.67. The summed E-state index contributed by atoms with van der Waals surface area (Å²) < 4.78 is 71.2. The van der Waals surface area contributed by atoms with E-state index in [-0.39, 0.29) is 6.61 Å². The van der Waals surface area contributed by atoms with E-state index in [1.165, 1.54) is 0 Å². The van der Waals surface area contributed by atoms with Crippen LogP contribution in [0.2, 0.25) is 0 Å². The Balaban J connectivity index is 1.94. The fourth-order valence-corrected chi connectivity index (χ4v) is 2.97. The second-order valence-corrected chi connectivity index (χ2v) is 6.47. The fourth-order valence-electron chi connectivity index (χ4n) is 2.97. The molecule has 0 spiro atoms. The number of benzene rings is 1. The van der Waals surface area contributed by atoms with Crippen LogP contribution in [0.3, 0.4) is 0 Å². The van der Waals surface area contributed by atoms with E-state index in [0.29, 0.717) is 5.56 Å². The van der Waals surface area contributed by atoms with Gasteiger partial charge in [-0.2, -0.15) is 13.2 Å². The van der Waals surface area contributed by atoms with Gasteiger partial charge in [0.25, 0.3) is 0 Å². The lowest BCUT2D eigenvalue weighted by Gasteiger charge is -2.41. The predicted molar refractivity (Wildman–Crippen MR) is 82.5 cm³/mol. The summed E-state index contributed by atoms with van der Waals surface area (Å²) in [6, 6.07) is 8.50. The zero-order valence-electron chi connectivity index (χ0n) is 13.9. The monoisotopic (exact) mass is 381 g/mol. The zero-order chi connectivity index (χ0) is 19.4. The van der Waals surface area contributed by atoms with Crippen LogP contribution < -0.4 is 5.32 Å². The fraction of sp³-hybridized carbons (Fsp3) is 0.588. The molecule has 0 radical (unpaired) electrons. The first kappa shape index (κ1) is 20.4. The Morgan fingerprint density at radius 2 is 1.77 bits per heavy atom. The van der Waals surface area contributed by atoms with Crippen LogP contribution in [0.15, 0.2) is 30.3 Å². The normalized spacial score (nSPS) is 20.2. The standard InChI is InChI=1S/C17H20F5NO3/c18-15(19)8-6-13(7-9-15)16(25,17(20,21)22)11-23-14(24)26-10-12-4-2-1-3-5-12/h1-5,13,25H,6-11H2,(H,23,24). The molecule has 1 aromatic rings. The third-order valence-electron chi connectivity index (χ3n) is 4.60. The van der Waals surface area contributed by atoms with Crippen molar-refractivity contribution in [2.24, 2.45) is 5.92 Å². The maximum Gasteiger partial charge on any atom is 0.419 e. The lowest BCUT2D eigenvalue weighted by molar-refractivity contribution is -0.283. The Kier molecular flexibility index (Phi) is 6.10. The minimum absolute atomic E-state index is 0.146. The SMILES string of the molecule is O=C(NCC(O)(C1CCC(F)(F)CC1)C(F)(F)F)OCc1ccccc1. The van der Waals surface area contributed by atoms with Gasteiger partial charge in [-0.25, -0.2) is 13.6 Å². The highest BCUT2D eigenvalue weighted by Crippen LogP contribution is 2.46. The van der Waals surface area contributed by atoms with Crippen molar-refractivity contribution in [1.29, 1.82) is 0 Å². The summed E-state index contributed by atoms with van der Waals surface area (Å²) in [4.78, 5) is 11.6. The second kappa shape index (κ2) is 7.77. The van der Waals surface area contributed by atoms with Gasteiger partial charge in [-0.05, 0) is 24.3 Å². The molecule has 0 aliphatic heterocycles. The van der Waals surface area contributed by atoms with Crippen molar-refractivity contribution in [2.75, 3.05) is 6.54 Å². The van der Waals surface area contributed by atoms with Gasteiger partial charge in [0.15, 0.2) is 5.60 Å². The summed E-state index contributed by atoms with van der Waals surface area (Å²) in [5, 5.41) is 12.0. The number of hydrogen-bond acceptors (Lipinski definition) is 3. The van der Waals surface area contributed by atoms with Gasteiger partial charge in [0.05, 0.1) is 6.54 Å². The van der Waals surface area contributed by atoms with Gasteiger partial charge in [-0.15, -0.1) is 0 Å². The number of ether oxygens (including phenoxy) is 1. The Bertz CT molecular complexity index is 598. The molecule has 1 atom stereocenters. The van der Waals surface area contributed by atoms with Crippen molar-refractivity contribution in [2.45, 2.75) is 50.0 Å². The van der Waals surface area contributed by atoms with E-state index < -0.39 is 61.9 Å². The largest absolute Gasteiger partial charge is 0.445 e. The molecule has 0 heterocycles. The number of alkyl carbamates (subject to hydrolysis) is 1.